The van der Waals surface area contributed by atoms with Gasteiger partial charge in [0, 0.05) is 29.8 Å². The summed E-state index contributed by atoms with van der Waals surface area (Å²) >= 11 is 0. The molecular weight excluding hydrogens is 368 g/mol. The number of benzene rings is 2. The van der Waals surface area contributed by atoms with Crippen molar-refractivity contribution in [1.29, 1.82) is 0 Å². The molecule has 6 heteroatoms. The monoisotopic (exact) mass is 388 g/mol. The lowest BCUT2D eigenvalue weighted by atomic mass is 10.1. The van der Waals surface area contributed by atoms with Crippen LogP contribution in [0.2, 0.25) is 0 Å². The molecule has 1 aromatic heterocycles. The zero-order chi connectivity index (χ0) is 20.5. The van der Waals surface area contributed by atoms with Gasteiger partial charge in [-0.05, 0) is 42.3 Å². The Balaban J connectivity index is 1.66. The number of carbonyl (C=O) groups is 1. The average molecular weight is 388 g/mol. The van der Waals surface area contributed by atoms with Gasteiger partial charge in [0.2, 0.25) is 0 Å². The Bertz CT molecular complexity index is 1110. The van der Waals surface area contributed by atoms with E-state index in [2.05, 4.69) is 13.8 Å². The van der Waals surface area contributed by atoms with E-state index >= 15 is 0 Å². The van der Waals surface area contributed by atoms with Crippen LogP contribution >= 0.6 is 0 Å². The largest absolute Gasteiger partial charge is 0.457 e. The summed E-state index contributed by atoms with van der Waals surface area (Å²) < 4.78 is 5.89. The third kappa shape index (κ3) is 3.57. The fourth-order valence-electron chi connectivity index (χ4n) is 3.47. The van der Waals surface area contributed by atoms with Gasteiger partial charge in [0.25, 0.3) is 11.6 Å². The van der Waals surface area contributed by atoms with Crippen LogP contribution in [0.1, 0.15) is 25.2 Å². The number of para-hydroxylation sites is 1. The quantitative estimate of drug-likeness (QED) is 0.333. The van der Waals surface area contributed by atoms with E-state index in [0.717, 1.165) is 16.8 Å². The number of anilines is 1. The average Bonchev–Trinajstić information content (AvgIpc) is 3.27. The first-order valence-electron chi connectivity index (χ1n) is 9.41. The second kappa shape index (κ2) is 7.39. The number of hydrogen-bond donors (Lipinski definition) is 0. The van der Waals surface area contributed by atoms with Crippen molar-refractivity contribution in [2.75, 3.05) is 11.4 Å². The van der Waals surface area contributed by atoms with E-state index in [4.69, 9.17) is 4.42 Å². The molecule has 0 atom stereocenters. The first-order valence-corrected chi connectivity index (χ1v) is 9.41. The maximum atomic E-state index is 13.0. The molecule has 0 unspecified atom stereocenters. The molecule has 0 aliphatic carbocycles. The minimum absolute atomic E-state index is 0.0288. The molecule has 2 heterocycles. The van der Waals surface area contributed by atoms with Crippen molar-refractivity contribution in [1.82, 2.24) is 0 Å². The molecule has 0 saturated carbocycles. The minimum atomic E-state index is -0.437. The number of carbonyl (C=O) groups excluding carboxylic acids is 1. The van der Waals surface area contributed by atoms with E-state index in [0.29, 0.717) is 29.6 Å². The van der Waals surface area contributed by atoms with Gasteiger partial charge in [-0.15, -0.1) is 0 Å². The van der Waals surface area contributed by atoms with Crippen LogP contribution in [0.3, 0.4) is 0 Å². The summed E-state index contributed by atoms with van der Waals surface area (Å²) in [5.74, 6) is 1.46. The van der Waals surface area contributed by atoms with E-state index in [1.54, 1.807) is 30.3 Å². The second-order valence-electron chi connectivity index (χ2n) is 7.39. The Hall–Kier alpha value is -3.67. The highest BCUT2D eigenvalue weighted by Gasteiger charge is 2.32. The Morgan fingerprint density at radius 3 is 2.48 bits per heavy atom. The maximum absolute atomic E-state index is 13.0. The number of nitro groups is 1. The van der Waals surface area contributed by atoms with Gasteiger partial charge < -0.3 is 9.32 Å². The van der Waals surface area contributed by atoms with Gasteiger partial charge in [-0.2, -0.15) is 0 Å². The molecule has 1 aliphatic rings. The Kier molecular flexibility index (Phi) is 4.76. The molecule has 0 fully saturated rings. The van der Waals surface area contributed by atoms with Crippen molar-refractivity contribution in [3.63, 3.8) is 0 Å². The molecule has 0 N–H and O–H groups in total. The standard InChI is InChI=1S/C23H20N2O4/c1-15(2)14-24-21-6-4-3-5-19(21)20(23(24)26)13-18-11-12-22(29-18)16-7-9-17(10-8-16)25(27)28/h3-13,15H,14H2,1-2H3/b20-13-. The summed E-state index contributed by atoms with van der Waals surface area (Å²) in [7, 11) is 0. The molecule has 4 rings (SSSR count). The third-order valence-electron chi connectivity index (χ3n) is 4.78. The van der Waals surface area contributed by atoms with E-state index in [1.165, 1.54) is 12.1 Å². The molecule has 0 saturated heterocycles. The number of hydrogen-bond acceptors (Lipinski definition) is 4. The van der Waals surface area contributed by atoms with Crippen molar-refractivity contribution in [3.05, 3.63) is 82.1 Å². The summed E-state index contributed by atoms with van der Waals surface area (Å²) in [4.78, 5) is 25.2. The highest BCUT2D eigenvalue weighted by atomic mass is 16.6. The van der Waals surface area contributed by atoms with Crippen LogP contribution in [0.4, 0.5) is 11.4 Å². The van der Waals surface area contributed by atoms with E-state index in [9.17, 15) is 14.9 Å². The summed E-state index contributed by atoms with van der Waals surface area (Å²) in [5, 5.41) is 10.8. The number of amides is 1. The molecule has 29 heavy (non-hydrogen) atoms. The van der Waals surface area contributed by atoms with E-state index in [1.807, 2.05) is 29.2 Å². The lowest BCUT2D eigenvalue weighted by Gasteiger charge is -2.19. The minimum Gasteiger partial charge on any atom is -0.457 e. The number of rotatable bonds is 5. The van der Waals surface area contributed by atoms with Crippen molar-refractivity contribution in [3.8, 4) is 11.3 Å². The molecule has 3 aromatic rings. The highest BCUT2D eigenvalue weighted by molar-refractivity contribution is 6.35. The number of fused-ring (bicyclic) bond motifs is 1. The maximum Gasteiger partial charge on any atom is 0.269 e. The first kappa shape index (κ1) is 18.7. The normalized spacial score (nSPS) is 14.7. The fraction of sp³-hybridized carbons (Fsp3) is 0.174. The number of nitrogens with zero attached hydrogens (tertiary/aromatic N) is 2. The molecule has 0 spiro atoms. The lowest BCUT2D eigenvalue weighted by molar-refractivity contribution is -0.384. The van der Waals surface area contributed by atoms with Crippen molar-refractivity contribution < 1.29 is 14.1 Å². The molecule has 0 bridgehead atoms. The van der Waals surface area contributed by atoms with Crippen LogP contribution in [0, 0.1) is 16.0 Å². The summed E-state index contributed by atoms with van der Waals surface area (Å²) in [5.41, 5.74) is 3.18. The SMILES string of the molecule is CC(C)CN1C(=O)/C(=C\c2ccc(-c3ccc([N+](=O)[O-])cc3)o2)c2ccccc21. The molecule has 1 aliphatic heterocycles. The molecule has 6 nitrogen and oxygen atoms in total. The first-order chi connectivity index (χ1) is 13.9. The predicted octanol–water partition coefficient (Wildman–Crippen LogP) is 5.40. The molecular formula is C23H20N2O4. The van der Waals surface area contributed by atoms with Gasteiger partial charge in [-0.25, -0.2) is 0 Å². The topological polar surface area (TPSA) is 76.6 Å². The van der Waals surface area contributed by atoms with Gasteiger partial charge in [0.15, 0.2) is 0 Å². The molecule has 146 valence electrons. The van der Waals surface area contributed by atoms with Crippen LogP contribution in [0.15, 0.2) is 65.1 Å². The summed E-state index contributed by atoms with van der Waals surface area (Å²) in [6.07, 6.45) is 1.76. The predicted molar refractivity (Wildman–Crippen MR) is 112 cm³/mol. The Labute approximate surface area is 168 Å². The zero-order valence-electron chi connectivity index (χ0n) is 16.2. The zero-order valence-corrected chi connectivity index (χ0v) is 16.2. The van der Waals surface area contributed by atoms with Crippen LogP contribution in [0.5, 0.6) is 0 Å². The van der Waals surface area contributed by atoms with Gasteiger partial charge in [0.1, 0.15) is 11.5 Å². The summed E-state index contributed by atoms with van der Waals surface area (Å²) in [6.45, 7) is 4.82. The Morgan fingerprint density at radius 1 is 1.07 bits per heavy atom. The number of non-ortho nitro benzene ring substituents is 1. The number of nitro benzene ring substituents is 1. The Morgan fingerprint density at radius 2 is 1.79 bits per heavy atom. The van der Waals surface area contributed by atoms with Crippen molar-refractivity contribution in [2.24, 2.45) is 5.92 Å². The van der Waals surface area contributed by atoms with Crippen molar-refractivity contribution in [2.45, 2.75) is 13.8 Å². The van der Waals surface area contributed by atoms with Gasteiger partial charge >= 0.3 is 0 Å². The molecule has 0 radical (unpaired) electrons. The molecule has 2 aromatic carbocycles. The second-order valence-corrected chi connectivity index (χ2v) is 7.39. The van der Waals surface area contributed by atoms with Crippen LogP contribution in [-0.2, 0) is 4.79 Å². The van der Waals surface area contributed by atoms with Crippen LogP contribution in [0.25, 0.3) is 23.0 Å². The van der Waals surface area contributed by atoms with Gasteiger partial charge in [-0.3, -0.25) is 14.9 Å². The van der Waals surface area contributed by atoms with Crippen LogP contribution in [-0.4, -0.2) is 17.4 Å². The van der Waals surface area contributed by atoms with E-state index in [-0.39, 0.29) is 11.6 Å². The van der Waals surface area contributed by atoms with Crippen molar-refractivity contribution >= 4 is 28.9 Å². The van der Waals surface area contributed by atoms with Crippen LogP contribution < -0.4 is 4.90 Å². The smallest absolute Gasteiger partial charge is 0.269 e. The van der Waals surface area contributed by atoms with E-state index < -0.39 is 4.92 Å². The number of furan rings is 1. The fourth-order valence-corrected chi connectivity index (χ4v) is 3.47. The van der Waals surface area contributed by atoms with Gasteiger partial charge in [0.05, 0.1) is 16.2 Å². The summed E-state index contributed by atoms with van der Waals surface area (Å²) in [6, 6.07) is 17.5. The molecule has 1 amide bonds. The lowest BCUT2D eigenvalue weighted by Crippen LogP contribution is -2.30. The highest BCUT2D eigenvalue weighted by Crippen LogP contribution is 2.38. The van der Waals surface area contributed by atoms with Gasteiger partial charge in [-0.1, -0.05) is 32.0 Å². The third-order valence-corrected chi connectivity index (χ3v) is 4.78.